The lowest BCUT2D eigenvalue weighted by Crippen LogP contribution is -2.09. The van der Waals surface area contributed by atoms with Gasteiger partial charge in [-0.2, -0.15) is 0 Å². The van der Waals surface area contributed by atoms with Crippen LogP contribution in [0.3, 0.4) is 0 Å². The number of allylic oxidation sites excluding steroid dienone is 3. The first kappa shape index (κ1) is 12.1. The fourth-order valence-electron chi connectivity index (χ4n) is 0.934. The molecule has 1 unspecified atom stereocenters. The summed E-state index contributed by atoms with van der Waals surface area (Å²) in [5.74, 6) is 0.459. The van der Waals surface area contributed by atoms with E-state index in [9.17, 15) is 0 Å². The molecule has 2 heteroatoms. The van der Waals surface area contributed by atoms with Crippen LogP contribution in [0.1, 0.15) is 20.8 Å². The van der Waals surface area contributed by atoms with Gasteiger partial charge >= 0.3 is 0 Å². The monoisotopic (exact) mass is 180 g/mol. The molecule has 1 aliphatic rings. The number of likely N-dealkylation sites (N-methyl/N-ethyl adjacent to an activating group) is 1. The second kappa shape index (κ2) is 7.74. The van der Waals surface area contributed by atoms with E-state index in [0.717, 1.165) is 12.2 Å². The van der Waals surface area contributed by atoms with Crippen LogP contribution in [-0.2, 0) is 0 Å². The van der Waals surface area contributed by atoms with Crippen LogP contribution >= 0.6 is 0 Å². The Morgan fingerprint density at radius 2 is 2.15 bits per heavy atom. The fraction of sp³-hybridized carbons (Fsp3) is 0.545. The number of hydrogen-bond acceptors (Lipinski definition) is 2. The van der Waals surface area contributed by atoms with Crippen molar-refractivity contribution in [1.82, 2.24) is 5.32 Å². The molecular weight excluding hydrogens is 160 g/mol. The second-order valence-corrected chi connectivity index (χ2v) is 2.71. The van der Waals surface area contributed by atoms with E-state index in [0.29, 0.717) is 5.92 Å². The normalized spacial score (nSPS) is 20.0. The summed E-state index contributed by atoms with van der Waals surface area (Å²) in [5, 5.41) is 3.06. The average molecular weight is 180 g/mol. The largest absolute Gasteiger partial charge is 0.314 e. The van der Waals surface area contributed by atoms with E-state index >= 15 is 0 Å². The van der Waals surface area contributed by atoms with Crippen molar-refractivity contribution in [3.63, 3.8) is 0 Å². The summed E-state index contributed by atoms with van der Waals surface area (Å²) in [6.45, 7) is 6.96. The Bertz CT molecular complexity index is 202. The highest BCUT2D eigenvalue weighted by Crippen LogP contribution is 2.03. The summed E-state index contributed by atoms with van der Waals surface area (Å²) < 4.78 is 0. The predicted octanol–water partition coefficient (Wildman–Crippen LogP) is 2.39. The molecular formula is C11H20N2. The van der Waals surface area contributed by atoms with Crippen LogP contribution in [0.25, 0.3) is 0 Å². The minimum absolute atomic E-state index is 0.459. The molecule has 0 radical (unpaired) electrons. The highest BCUT2D eigenvalue weighted by atomic mass is 14.9. The van der Waals surface area contributed by atoms with Gasteiger partial charge in [0.2, 0.25) is 0 Å². The average Bonchev–Trinajstić information content (AvgIpc) is 2.36. The molecule has 0 aromatic rings. The van der Waals surface area contributed by atoms with Gasteiger partial charge < -0.3 is 5.32 Å². The highest BCUT2D eigenvalue weighted by molar-refractivity contribution is 5.65. The molecule has 0 saturated carbocycles. The third-order valence-electron chi connectivity index (χ3n) is 1.54. The van der Waals surface area contributed by atoms with Gasteiger partial charge in [0.15, 0.2) is 0 Å². The van der Waals surface area contributed by atoms with E-state index in [4.69, 9.17) is 0 Å². The van der Waals surface area contributed by atoms with Crippen LogP contribution in [0.5, 0.6) is 0 Å². The summed E-state index contributed by atoms with van der Waals surface area (Å²) >= 11 is 0. The van der Waals surface area contributed by atoms with E-state index in [1.807, 2.05) is 33.2 Å². The molecule has 1 atom stereocenters. The molecule has 0 aromatic heterocycles. The van der Waals surface area contributed by atoms with Gasteiger partial charge in [0.05, 0.1) is 5.70 Å². The number of hydrogen-bond donors (Lipinski definition) is 1. The van der Waals surface area contributed by atoms with Crippen LogP contribution in [0, 0.1) is 5.92 Å². The van der Waals surface area contributed by atoms with Crippen LogP contribution in [0.2, 0.25) is 0 Å². The van der Waals surface area contributed by atoms with Gasteiger partial charge in [0.1, 0.15) is 0 Å². The minimum Gasteiger partial charge on any atom is -0.314 e. The standard InChI is InChI=1S/C9H14N2.C2H6/c1-8-4-3-5-9(7-10-2)11-6-8;1-2/h3-6,8,10H,7H2,1-2H3;1-2H3. The quantitative estimate of drug-likeness (QED) is 0.693. The SMILES string of the molecule is CC.CNCC1=CC=CC(C)C=N1. The van der Waals surface area contributed by atoms with E-state index < -0.39 is 0 Å². The summed E-state index contributed by atoms with van der Waals surface area (Å²) in [4.78, 5) is 4.31. The van der Waals surface area contributed by atoms with Crippen molar-refractivity contribution in [2.24, 2.45) is 10.9 Å². The van der Waals surface area contributed by atoms with Crippen molar-refractivity contribution in [2.45, 2.75) is 20.8 Å². The van der Waals surface area contributed by atoms with E-state index in [1.54, 1.807) is 0 Å². The van der Waals surface area contributed by atoms with E-state index in [2.05, 4.69) is 29.4 Å². The summed E-state index contributed by atoms with van der Waals surface area (Å²) in [6.07, 6.45) is 8.19. The molecule has 74 valence electrons. The predicted molar refractivity (Wildman–Crippen MR) is 60.2 cm³/mol. The van der Waals surface area contributed by atoms with Crippen molar-refractivity contribution in [1.29, 1.82) is 0 Å². The van der Waals surface area contributed by atoms with Gasteiger partial charge in [0.25, 0.3) is 0 Å². The van der Waals surface area contributed by atoms with Gasteiger partial charge in [0, 0.05) is 18.7 Å². The molecule has 0 fully saturated rings. The van der Waals surface area contributed by atoms with Gasteiger partial charge in [-0.1, -0.05) is 32.9 Å². The molecule has 0 amide bonds. The van der Waals surface area contributed by atoms with Gasteiger partial charge in [-0.05, 0) is 13.1 Å². The number of nitrogens with one attached hydrogen (secondary N) is 1. The zero-order valence-electron chi connectivity index (χ0n) is 9.04. The van der Waals surface area contributed by atoms with Gasteiger partial charge in [-0.15, -0.1) is 0 Å². The maximum Gasteiger partial charge on any atom is 0.0537 e. The first-order valence-corrected chi connectivity index (χ1v) is 4.89. The summed E-state index contributed by atoms with van der Waals surface area (Å²) in [7, 11) is 1.92. The van der Waals surface area contributed by atoms with Crippen LogP contribution in [0.15, 0.2) is 28.9 Å². The summed E-state index contributed by atoms with van der Waals surface area (Å²) in [5.41, 5.74) is 1.09. The van der Waals surface area contributed by atoms with Crippen molar-refractivity contribution < 1.29 is 0 Å². The zero-order valence-corrected chi connectivity index (χ0v) is 9.04. The molecule has 0 aromatic carbocycles. The molecule has 0 spiro atoms. The van der Waals surface area contributed by atoms with Crippen molar-refractivity contribution in [3.8, 4) is 0 Å². The molecule has 13 heavy (non-hydrogen) atoms. The highest BCUT2D eigenvalue weighted by Gasteiger charge is 1.96. The van der Waals surface area contributed by atoms with Gasteiger partial charge in [-0.25, -0.2) is 0 Å². The van der Waals surface area contributed by atoms with Crippen molar-refractivity contribution in [2.75, 3.05) is 13.6 Å². The molecule has 0 saturated heterocycles. The molecule has 1 heterocycles. The molecule has 0 aliphatic carbocycles. The topological polar surface area (TPSA) is 24.4 Å². The maximum absolute atomic E-state index is 4.31. The smallest absolute Gasteiger partial charge is 0.0537 e. The second-order valence-electron chi connectivity index (χ2n) is 2.71. The molecule has 1 aliphatic heterocycles. The number of rotatable bonds is 2. The van der Waals surface area contributed by atoms with E-state index in [-0.39, 0.29) is 0 Å². The third kappa shape index (κ3) is 5.36. The Morgan fingerprint density at radius 3 is 2.77 bits per heavy atom. The van der Waals surface area contributed by atoms with Crippen molar-refractivity contribution >= 4 is 6.21 Å². The zero-order chi connectivity index (χ0) is 10.1. The molecule has 1 rings (SSSR count). The molecule has 0 bridgehead atoms. The van der Waals surface area contributed by atoms with Crippen molar-refractivity contribution in [3.05, 3.63) is 23.9 Å². The summed E-state index contributed by atoms with van der Waals surface area (Å²) in [6, 6.07) is 0. The van der Waals surface area contributed by atoms with Crippen LogP contribution < -0.4 is 5.32 Å². The number of aliphatic imine (C=N–C) groups is 1. The number of nitrogens with zero attached hydrogens (tertiary/aromatic N) is 1. The lowest BCUT2D eigenvalue weighted by molar-refractivity contribution is 0.870. The Morgan fingerprint density at radius 1 is 1.46 bits per heavy atom. The Balaban J connectivity index is 0.000000671. The minimum atomic E-state index is 0.459. The molecule has 2 nitrogen and oxygen atoms in total. The Kier molecular flexibility index (Phi) is 7.21. The third-order valence-corrected chi connectivity index (χ3v) is 1.54. The van der Waals surface area contributed by atoms with Gasteiger partial charge in [-0.3, -0.25) is 4.99 Å². The Hall–Kier alpha value is -0.890. The lowest BCUT2D eigenvalue weighted by atomic mass is 10.2. The fourth-order valence-corrected chi connectivity index (χ4v) is 0.934. The molecule has 1 N–H and O–H groups in total. The van der Waals surface area contributed by atoms with Crippen LogP contribution in [0.4, 0.5) is 0 Å². The maximum atomic E-state index is 4.31. The first-order chi connectivity index (χ1) is 6.33. The van der Waals surface area contributed by atoms with E-state index in [1.165, 1.54) is 0 Å². The lowest BCUT2D eigenvalue weighted by Gasteiger charge is -1.97. The Labute approximate surface area is 81.5 Å². The first-order valence-electron chi connectivity index (χ1n) is 4.89. The van der Waals surface area contributed by atoms with Crippen LogP contribution in [-0.4, -0.2) is 19.8 Å².